The van der Waals surface area contributed by atoms with Gasteiger partial charge in [-0.1, -0.05) is 0 Å². The molecule has 1 aromatic heterocycles. The van der Waals surface area contributed by atoms with Gasteiger partial charge in [0, 0.05) is 18.8 Å². The van der Waals surface area contributed by atoms with Crippen molar-refractivity contribution >= 4 is 17.7 Å². The van der Waals surface area contributed by atoms with Crippen LogP contribution in [0.5, 0.6) is 0 Å². The van der Waals surface area contributed by atoms with Gasteiger partial charge in [-0.05, 0) is 13.8 Å². The molecule has 0 saturated heterocycles. The molecule has 0 bridgehead atoms. The van der Waals surface area contributed by atoms with Gasteiger partial charge in [0.15, 0.2) is 0 Å². The molecule has 15 heavy (non-hydrogen) atoms. The van der Waals surface area contributed by atoms with E-state index in [9.17, 15) is 4.79 Å². The molecule has 1 rings (SSSR count). The molecule has 4 N–H and O–H groups in total. The van der Waals surface area contributed by atoms with Crippen molar-refractivity contribution in [1.29, 1.82) is 0 Å². The Morgan fingerprint density at radius 3 is 2.80 bits per heavy atom. The molecule has 1 amide bonds. The molecule has 82 valence electrons. The average Bonchev–Trinajstić information content (AvgIpc) is 2.21. The quantitative estimate of drug-likeness (QED) is 0.654. The fourth-order valence-corrected chi connectivity index (χ4v) is 0.985. The minimum atomic E-state index is -0.455. The molecule has 0 radical (unpaired) electrons. The van der Waals surface area contributed by atoms with Gasteiger partial charge < -0.3 is 16.4 Å². The fourth-order valence-electron chi connectivity index (χ4n) is 0.985. The summed E-state index contributed by atoms with van der Waals surface area (Å²) in [5.74, 6) is 0.694. The molecular formula is C9H15N5O. The molecule has 0 aliphatic heterocycles. The predicted molar refractivity (Wildman–Crippen MR) is 58.6 cm³/mol. The zero-order valence-corrected chi connectivity index (χ0v) is 9.03. The van der Waals surface area contributed by atoms with Gasteiger partial charge >= 0.3 is 0 Å². The SMILES string of the molecule is CNc1ncc(C)c(NC(C)C(N)=O)n1. The largest absolute Gasteiger partial charge is 0.368 e. The highest BCUT2D eigenvalue weighted by molar-refractivity contribution is 5.82. The van der Waals surface area contributed by atoms with E-state index in [1.165, 1.54) is 0 Å². The molecule has 0 saturated carbocycles. The predicted octanol–water partition coefficient (Wildman–Crippen LogP) is 0.112. The van der Waals surface area contributed by atoms with Crippen LogP contribution in [0, 0.1) is 6.92 Å². The maximum atomic E-state index is 10.9. The standard InChI is InChI=1S/C9H15N5O/c1-5-4-12-9(11-3)14-8(5)13-6(2)7(10)15/h4,6H,1-3H3,(H2,10,15)(H2,11,12,13,14). The number of nitrogens with one attached hydrogen (secondary N) is 2. The van der Waals surface area contributed by atoms with Gasteiger partial charge in [0.1, 0.15) is 11.9 Å². The number of carbonyl (C=O) groups excluding carboxylic acids is 1. The van der Waals surface area contributed by atoms with E-state index in [-0.39, 0.29) is 0 Å². The van der Waals surface area contributed by atoms with Crippen LogP contribution in [0.15, 0.2) is 6.20 Å². The minimum absolute atomic E-state index is 0.418. The second kappa shape index (κ2) is 4.59. The van der Waals surface area contributed by atoms with E-state index < -0.39 is 11.9 Å². The van der Waals surface area contributed by atoms with Crippen LogP contribution in [-0.4, -0.2) is 29.0 Å². The van der Waals surface area contributed by atoms with Crippen LogP contribution >= 0.6 is 0 Å². The van der Waals surface area contributed by atoms with Gasteiger partial charge in [-0.2, -0.15) is 4.98 Å². The number of nitrogens with zero attached hydrogens (tertiary/aromatic N) is 2. The summed E-state index contributed by atoms with van der Waals surface area (Å²) in [5, 5.41) is 5.74. The van der Waals surface area contributed by atoms with Crippen molar-refractivity contribution in [3.8, 4) is 0 Å². The molecule has 1 aromatic rings. The Morgan fingerprint density at radius 1 is 1.60 bits per heavy atom. The number of aromatic nitrogens is 2. The van der Waals surface area contributed by atoms with Gasteiger partial charge in [-0.15, -0.1) is 0 Å². The lowest BCUT2D eigenvalue weighted by Crippen LogP contribution is -2.33. The van der Waals surface area contributed by atoms with Crippen molar-refractivity contribution < 1.29 is 4.79 Å². The summed E-state index contributed by atoms with van der Waals surface area (Å²) in [6, 6.07) is -0.455. The first kappa shape index (κ1) is 11.2. The number of rotatable bonds is 4. The second-order valence-electron chi connectivity index (χ2n) is 3.24. The highest BCUT2D eigenvalue weighted by atomic mass is 16.1. The minimum Gasteiger partial charge on any atom is -0.368 e. The van der Waals surface area contributed by atoms with Crippen LogP contribution in [0.25, 0.3) is 0 Å². The summed E-state index contributed by atoms with van der Waals surface area (Å²) in [6.45, 7) is 3.54. The van der Waals surface area contributed by atoms with Gasteiger partial charge in [-0.3, -0.25) is 4.79 Å². The summed E-state index contributed by atoms with van der Waals surface area (Å²) in [5.41, 5.74) is 6.01. The van der Waals surface area contributed by atoms with Gasteiger partial charge in [0.2, 0.25) is 11.9 Å². The first-order chi connectivity index (χ1) is 7.04. The zero-order chi connectivity index (χ0) is 11.4. The summed E-state index contributed by atoms with van der Waals surface area (Å²) < 4.78 is 0. The van der Waals surface area contributed by atoms with Crippen molar-refractivity contribution in [1.82, 2.24) is 9.97 Å². The molecule has 0 spiro atoms. The first-order valence-corrected chi connectivity index (χ1v) is 4.62. The van der Waals surface area contributed by atoms with Gasteiger partial charge in [0.25, 0.3) is 0 Å². The fraction of sp³-hybridized carbons (Fsp3) is 0.444. The normalized spacial score (nSPS) is 11.9. The maximum absolute atomic E-state index is 10.9. The smallest absolute Gasteiger partial charge is 0.239 e. The number of primary amides is 1. The molecular weight excluding hydrogens is 194 g/mol. The van der Waals surface area contributed by atoms with Gasteiger partial charge in [-0.25, -0.2) is 4.98 Å². The lowest BCUT2D eigenvalue weighted by Gasteiger charge is -2.13. The number of anilines is 2. The molecule has 1 heterocycles. The van der Waals surface area contributed by atoms with E-state index in [0.29, 0.717) is 11.8 Å². The molecule has 0 aliphatic carbocycles. The molecule has 1 unspecified atom stereocenters. The third kappa shape index (κ3) is 2.80. The number of amides is 1. The summed E-state index contributed by atoms with van der Waals surface area (Å²) in [4.78, 5) is 19.1. The van der Waals surface area contributed by atoms with E-state index in [4.69, 9.17) is 5.73 Å². The monoisotopic (exact) mass is 209 g/mol. The van der Waals surface area contributed by atoms with E-state index in [1.807, 2.05) is 6.92 Å². The summed E-state index contributed by atoms with van der Waals surface area (Å²) >= 11 is 0. The lowest BCUT2D eigenvalue weighted by molar-refractivity contribution is -0.118. The molecule has 0 aromatic carbocycles. The number of carbonyl (C=O) groups is 1. The van der Waals surface area contributed by atoms with Gasteiger partial charge in [0.05, 0.1) is 0 Å². The third-order valence-electron chi connectivity index (χ3n) is 1.98. The van der Waals surface area contributed by atoms with E-state index in [2.05, 4.69) is 20.6 Å². The Balaban J connectivity index is 2.88. The van der Waals surface area contributed by atoms with Crippen molar-refractivity contribution in [3.05, 3.63) is 11.8 Å². The van der Waals surface area contributed by atoms with Crippen LogP contribution in [-0.2, 0) is 4.79 Å². The lowest BCUT2D eigenvalue weighted by atomic mass is 10.3. The highest BCUT2D eigenvalue weighted by Gasteiger charge is 2.11. The third-order valence-corrected chi connectivity index (χ3v) is 1.98. The molecule has 1 atom stereocenters. The van der Waals surface area contributed by atoms with Crippen LogP contribution in [0.1, 0.15) is 12.5 Å². The van der Waals surface area contributed by atoms with Crippen molar-refractivity contribution in [3.63, 3.8) is 0 Å². The van der Waals surface area contributed by atoms with E-state index in [1.54, 1.807) is 20.2 Å². The Labute approximate surface area is 88.3 Å². The number of aryl methyl sites for hydroxylation is 1. The van der Waals surface area contributed by atoms with Crippen LogP contribution < -0.4 is 16.4 Å². The molecule has 6 nitrogen and oxygen atoms in total. The first-order valence-electron chi connectivity index (χ1n) is 4.62. The topological polar surface area (TPSA) is 92.9 Å². The Bertz CT molecular complexity index is 366. The Morgan fingerprint density at radius 2 is 2.27 bits per heavy atom. The number of hydrogen-bond acceptors (Lipinski definition) is 5. The summed E-state index contributed by atoms with van der Waals surface area (Å²) in [6.07, 6.45) is 1.68. The average molecular weight is 209 g/mol. The second-order valence-corrected chi connectivity index (χ2v) is 3.24. The van der Waals surface area contributed by atoms with E-state index >= 15 is 0 Å². The Hall–Kier alpha value is -1.85. The number of nitrogens with two attached hydrogens (primary N) is 1. The molecule has 6 heteroatoms. The Kier molecular flexibility index (Phi) is 3.43. The van der Waals surface area contributed by atoms with Crippen molar-refractivity contribution in [2.75, 3.05) is 17.7 Å². The maximum Gasteiger partial charge on any atom is 0.239 e. The van der Waals surface area contributed by atoms with E-state index in [0.717, 1.165) is 5.56 Å². The van der Waals surface area contributed by atoms with Crippen molar-refractivity contribution in [2.45, 2.75) is 19.9 Å². The van der Waals surface area contributed by atoms with Crippen LogP contribution in [0.2, 0.25) is 0 Å². The number of hydrogen-bond donors (Lipinski definition) is 3. The summed E-state index contributed by atoms with van der Waals surface area (Å²) in [7, 11) is 1.73. The highest BCUT2D eigenvalue weighted by Crippen LogP contribution is 2.12. The van der Waals surface area contributed by atoms with Crippen LogP contribution in [0.4, 0.5) is 11.8 Å². The zero-order valence-electron chi connectivity index (χ0n) is 9.03. The van der Waals surface area contributed by atoms with Crippen LogP contribution in [0.3, 0.4) is 0 Å². The molecule has 0 fully saturated rings. The molecule has 0 aliphatic rings. The van der Waals surface area contributed by atoms with Crippen molar-refractivity contribution in [2.24, 2.45) is 5.73 Å².